The minimum absolute atomic E-state index is 1.19. The Morgan fingerprint density at radius 3 is 1.57 bits per heavy atom. The zero-order valence-electron chi connectivity index (χ0n) is 24.8. The van der Waals surface area contributed by atoms with E-state index >= 15 is 0 Å². The van der Waals surface area contributed by atoms with Crippen molar-refractivity contribution < 1.29 is 0 Å². The number of aromatic nitrogens is 1. The number of benzene rings is 9. The standard InChI is InChI=1S/C44H25NS/c1-2-13-29-27(11-1)28-12-3-4-14-30(28)36-23-26(21-22-32(29)36)45-40-19-9-7-16-33(40)38-24-39-37(25-41(38)45)31-15-5-6-17-34(31)44-43(39)35-18-8-10-20-42(35)46-44/h1-25H. The lowest BCUT2D eigenvalue weighted by Crippen LogP contribution is -1.95. The second-order valence-electron chi connectivity index (χ2n) is 12.4. The van der Waals surface area contributed by atoms with Crippen LogP contribution in [0.15, 0.2) is 152 Å². The van der Waals surface area contributed by atoms with E-state index in [1.807, 2.05) is 11.3 Å². The Bertz CT molecular complexity index is 3050. The van der Waals surface area contributed by atoms with Crippen LogP contribution >= 0.6 is 11.3 Å². The fraction of sp³-hybridized carbons (Fsp3) is 0. The maximum atomic E-state index is 2.48. The number of hydrogen-bond donors (Lipinski definition) is 0. The van der Waals surface area contributed by atoms with Crippen molar-refractivity contribution in [2.75, 3.05) is 0 Å². The molecular weight excluding hydrogens is 575 g/mol. The Balaban J connectivity index is 1.32. The van der Waals surface area contributed by atoms with Gasteiger partial charge in [0.05, 0.1) is 11.0 Å². The second-order valence-corrected chi connectivity index (χ2v) is 13.5. The minimum atomic E-state index is 1.19. The summed E-state index contributed by atoms with van der Waals surface area (Å²) in [5.74, 6) is 0. The summed E-state index contributed by atoms with van der Waals surface area (Å²) in [6.45, 7) is 0. The molecule has 0 bridgehead atoms. The van der Waals surface area contributed by atoms with Gasteiger partial charge in [0.2, 0.25) is 0 Å². The molecule has 0 aliphatic heterocycles. The fourth-order valence-electron chi connectivity index (χ4n) is 8.18. The number of rotatable bonds is 1. The van der Waals surface area contributed by atoms with Crippen LogP contribution < -0.4 is 0 Å². The lowest BCUT2D eigenvalue weighted by atomic mass is 9.94. The summed E-state index contributed by atoms with van der Waals surface area (Å²) >= 11 is 1.91. The average molecular weight is 600 g/mol. The maximum absolute atomic E-state index is 2.48. The smallest absolute Gasteiger partial charge is 0.0547 e. The monoisotopic (exact) mass is 599 g/mol. The van der Waals surface area contributed by atoms with Crippen molar-refractivity contribution in [2.45, 2.75) is 0 Å². The molecule has 0 saturated carbocycles. The van der Waals surface area contributed by atoms with Gasteiger partial charge < -0.3 is 4.57 Å². The molecule has 0 aliphatic rings. The van der Waals surface area contributed by atoms with Crippen molar-refractivity contribution in [1.29, 1.82) is 0 Å². The molecule has 2 heterocycles. The minimum Gasteiger partial charge on any atom is -0.309 e. The highest BCUT2D eigenvalue weighted by atomic mass is 32.1. The number of fused-ring (bicyclic) bond motifs is 17. The van der Waals surface area contributed by atoms with Crippen LogP contribution in [0.5, 0.6) is 0 Å². The summed E-state index contributed by atoms with van der Waals surface area (Å²) in [7, 11) is 0. The third-order valence-electron chi connectivity index (χ3n) is 10.1. The number of hydrogen-bond acceptors (Lipinski definition) is 1. The molecule has 2 heteroatoms. The van der Waals surface area contributed by atoms with Gasteiger partial charge in [-0.15, -0.1) is 11.3 Å². The van der Waals surface area contributed by atoms with Crippen LogP contribution in [0.1, 0.15) is 0 Å². The molecule has 2 aromatic heterocycles. The van der Waals surface area contributed by atoms with E-state index in [2.05, 4.69) is 156 Å². The third kappa shape index (κ3) is 3.14. The Labute approximate surface area is 268 Å². The molecule has 46 heavy (non-hydrogen) atoms. The number of thiophene rings is 1. The highest BCUT2D eigenvalue weighted by Crippen LogP contribution is 2.46. The molecule has 1 nitrogen and oxygen atoms in total. The van der Waals surface area contributed by atoms with Gasteiger partial charge >= 0.3 is 0 Å². The Kier molecular flexibility index (Phi) is 4.78. The van der Waals surface area contributed by atoms with Crippen molar-refractivity contribution in [1.82, 2.24) is 4.57 Å². The van der Waals surface area contributed by atoms with Gasteiger partial charge in [-0.1, -0.05) is 115 Å². The van der Waals surface area contributed by atoms with E-state index in [1.165, 1.54) is 102 Å². The maximum Gasteiger partial charge on any atom is 0.0547 e. The third-order valence-corrected chi connectivity index (χ3v) is 11.3. The van der Waals surface area contributed by atoms with E-state index in [9.17, 15) is 0 Å². The van der Waals surface area contributed by atoms with Crippen LogP contribution in [0.2, 0.25) is 0 Å². The molecule has 0 amide bonds. The zero-order chi connectivity index (χ0) is 29.9. The Hall–Kier alpha value is -5.70. The van der Waals surface area contributed by atoms with Gasteiger partial charge in [-0.2, -0.15) is 0 Å². The van der Waals surface area contributed by atoms with E-state index in [0.717, 1.165) is 0 Å². The highest BCUT2D eigenvalue weighted by Gasteiger charge is 2.19. The van der Waals surface area contributed by atoms with E-state index in [-0.39, 0.29) is 0 Å². The van der Waals surface area contributed by atoms with Crippen molar-refractivity contribution in [3.63, 3.8) is 0 Å². The summed E-state index contributed by atoms with van der Waals surface area (Å²) < 4.78 is 5.20. The first kappa shape index (κ1) is 24.6. The average Bonchev–Trinajstić information content (AvgIpc) is 3.67. The molecule has 11 aromatic rings. The molecule has 9 aromatic carbocycles. The molecule has 0 radical (unpaired) electrons. The van der Waals surface area contributed by atoms with Gasteiger partial charge in [-0.25, -0.2) is 0 Å². The van der Waals surface area contributed by atoms with Gasteiger partial charge in [0, 0.05) is 42.0 Å². The lowest BCUT2D eigenvalue weighted by molar-refractivity contribution is 1.19. The van der Waals surface area contributed by atoms with Crippen LogP contribution in [0, 0.1) is 0 Å². The van der Waals surface area contributed by atoms with E-state index < -0.39 is 0 Å². The first-order valence-corrected chi connectivity index (χ1v) is 16.7. The Morgan fingerprint density at radius 1 is 0.326 bits per heavy atom. The van der Waals surface area contributed by atoms with Gasteiger partial charge in [0.15, 0.2) is 0 Å². The summed E-state index contributed by atoms with van der Waals surface area (Å²) in [4.78, 5) is 0. The molecule has 0 N–H and O–H groups in total. The highest BCUT2D eigenvalue weighted by molar-refractivity contribution is 7.27. The molecule has 212 valence electrons. The Morgan fingerprint density at radius 2 is 0.848 bits per heavy atom. The van der Waals surface area contributed by atoms with Crippen molar-refractivity contribution in [2.24, 2.45) is 0 Å². The molecule has 0 atom stereocenters. The normalized spacial score (nSPS) is 12.3. The largest absolute Gasteiger partial charge is 0.309 e. The molecule has 0 saturated heterocycles. The number of nitrogens with zero attached hydrogens (tertiary/aromatic N) is 1. The number of para-hydroxylation sites is 1. The van der Waals surface area contributed by atoms with E-state index in [1.54, 1.807) is 0 Å². The first-order chi connectivity index (χ1) is 22.8. The topological polar surface area (TPSA) is 4.93 Å². The van der Waals surface area contributed by atoms with Crippen LogP contribution in [0.4, 0.5) is 0 Å². The van der Waals surface area contributed by atoms with Crippen molar-refractivity contribution in [3.05, 3.63) is 152 Å². The molecule has 11 rings (SSSR count). The van der Waals surface area contributed by atoms with Crippen molar-refractivity contribution in [3.8, 4) is 5.69 Å². The zero-order valence-corrected chi connectivity index (χ0v) is 25.6. The van der Waals surface area contributed by atoms with E-state index in [4.69, 9.17) is 0 Å². The van der Waals surface area contributed by atoms with Crippen LogP contribution in [0.25, 0.3) is 102 Å². The molecule has 0 unspecified atom stereocenters. The molecule has 0 aliphatic carbocycles. The summed E-state index contributed by atoms with van der Waals surface area (Å²) in [6, 6.07) is 56.4. The van der Waals surface area contributed by atoms with Gasteiger partial charge in [-0.05, 0) is 84.9 Å². The van der Waals surface area contributed by atoms with Crippen LogP contribution in [0.3, 0.4) is 0 Å². The summed E-state index contributed by atoms with van der Waals surface area (Å²) in [5, 5.41) is 18.3. The van der Waals surface area contributed by atoms with Gasteiger partial charge in [-0.3, -0.25) is 0 Å². The van der Waals surface area contributed by atoms with Gasteiger partial charge in [0.1, 0.15) is 0 Å². The van der Waals surface area contributed by atoms with Crippen LogP contribution in [-0.4, -0.2) is 4.57 Å². The molecular formula is C44H25NS. The van der Waals surface area contributed by atoms with Crippen LogP contribution in [-0.2, 0) is 0 Å². The second kappa shape index (κ2) is 8.94. The SMILES string of the molecule is c1ccc2c(c1)sc1c3ccccc3c3cc4c(cc3c21)c1ccccc1n4-c1ccc2c3ccccc3c3ccccc3c2c1. The quantitative estimate of drug-likeness (QED) is 0.165. The molecule has 0 spiro atoms. The predicted molar refractivity (Wildman–Crippen MR) is 201 cm³/mol. The summed E-state index contributed by atoms with van der Waals surface area (Å²) in [5.41, 5.74) is 3.65. The van der Waals surface area contributed by atoms with Gasteiger partial charge in [0.25, 0.3) is 0 Å². The lowest BCUT2D eigenvalue weighted by Gasteiger charge is -2.14. The fourth-order valence-corrected chi connectivity index (χ4v) is 9.43. The van der Waals surface area contributed by atoms with Crippen molar-refractivity contribution >= 4 is 107 Å². The molecule has 0 fully saturated rings. The van der Waals surface area contributed by atoms with E-state index in [0.29, 0.717) is 0 Å². The predicted octanol–water partition coefficient (Wildman–Crippen LogP) is 12.9. The first-order valence-electron chi connectivity index (χ1n) is 15.9. The summed E-state index contributed by atoms with van der Waals surface area (Å²) in [6.07, 6.45) is 0.